The molecular formula is C7H8F6N2O. The van der Waals surface area contributed by atoms with Crippen LogP contribution in [0, 0.1) is 0 Å². The van der Waals surface area contributed by atoms with Gasteiger partial charge in [-0.25, -0.2) is 4.39 Å². The fourth-order valence-electron chi connectivity index (χ4n) is 1.15. The largest absolute Gasteiger partial charge is 0.393 e. The van der Waals surface area contributed by atoms with E-state index >= 15 is 0 Å². The molecule has 1 aliphatic heterocycles. The molecule has 16 heavy (non-hydrogen) atoms. The second-order valence-electron chi connectivity index (χ2n) is 3.41. The van der Waals surface area contributed by atoms with Crippen molar-refractivity contribution in [1.82, 2.24) is 5.01 Å². The van der Waals surface area contributed by atoms with Crippen molar-refractivity contribution in [2.75, 3.05) is 0 Å². The van der Waals surface area contributed by atoms with Gasteiger partial charge in [0.25, 0.3) is 12.3 Å². The molecule has 0 saturated carbocycles. The number of aliphatic hydroxyl groups excluding tert-OH is 1. The van der Waals surface area contributed by atoms with Crippen LogP contribution in [-0.2, 0) is 0 Å². The summed E-state index contributed by atoms with van der Waals surface area (Å²) >= 11 is 0. The number of halogens is 6. The third kappa shape index (κ3) is 2.08. The maximum absolute atomic E-state index is 13.1. The second-order valence-corrected chi connectivity index (χ2v) is 3.41. The van der Waals surface area contributed by atoms with Crippen molar-refractivity contribution in [3.05, 3.63) is 0 Å². The minimum absolute atomic E-state index is 0.954. The fraction of sp³-hybridized carbons (Fsp3) is 0.857. The van der Waals surface area contributed by atoms with Gasteiger partial charge in [0.15, 0.2) is 0 Å². The molecule has 0 spiro atoms. The Morgan fingerprint density at radius 3 is 2.38 bits per heavy atom. The van der Waals surface area contributed by atoms with Crippen molar-refractivity contribution >= 4 is 5.97 Å². The molecule has 0 aromatic carbocycles. The van der Waals surface area contributed by atoms with Gasteiger partial charge < -0.3 is 5.11 Å². The number of hydrazone groups is 1. The second kappa shape index (κ2) is 3.79. The summed E-state index contributed by atoms with van der Waals surface area (Å²) in [4.78, 5) is 0. The third-order valence-electron chi connectivity index (χ3n) is 1.86. The third-order valence-corrected chi connectivity index (χ3v) is 1.86. The first-order chi connectivity index (χ1) is 7.09. The smallest absolute Gasteiger partial charge is 0.367 e. The number of rotatable bonds is 3. The van der Waals surface area contributed by atoms with E-state index in [0.29, 0.717) is 0 Å². The highest BCUT2D eigenvalue weighted by atomic mass is 19.3. The Morgan fingerprint density at radius 2 is 2.06 bits per heavy atom. The van der Waals surface area contributed by atoms with Crippen molar-refractivity contribution < 1.29 is 31.4 Å². The van der Waals surface area contributed by atoms with Crippen LogP contribution in [0.4, 0.5) is 26.3 Å². The molecule has 3 nitrogen and oxygen atoms in total. The van der Waals surface area contributed by atoms with Crippen LogP contribution in [0.15, 0.2) is 5.10 Å². The Labute approximate surface area is 86.3 Å². The minimum atomic E-state index is -4.69. The predicted molar refractivity (Wildman–Crippen MR) is 41.5 cm³/mol. The van der Waals surface area contributed by atoms with Gasteiger partial charge in [-0.1, -0.05) is 0 Å². The lowest BCUT2D eigenvalue weighted by molar-refractivity contribution is -0.223. The molecule has 1 aliphatic rings. The molecule has 0 aliphatic carbocycles. The molecule has 1 rings (SSSR count). The van der Waals surface area contributed by atoms with Gasteiger partial charge in [-0.3, -0.25) is 0 Å². The average molecular weight is 250 g/mol. The molecule has 0 amide bonds. The van der Waals surface area contributed by atoms with Crippen LogP contribution >= 0.6 is 0 Å². The molecule has 0 aromatic heterocycles. The van der Waals surface area contributed by atoms with E-state index in [1.807, 2.05) is 0 Å². The Balaban J connectivity index is 2.92. The normalized spacial score (nSPS) is 26.9. The van der Waals surface area contributed by atoms with Crippen LogP contribution in [-0.4, -0.2) is 40.4 Å². The Kier molecular flexibility index (Phi) is 3.10. The summed E-state index contributed by atoms with van der Waals surface area (Å²) in [7, 11) is 0. The molecule has 1 N–H and O–H groups in total. The van der Waals surface area contributed by atoms with E-state index in [-0.39, 0.29) is 0 Å². The molecule has 9 heteroatoms. The highest BCUT2D eigenvalue weighted by Crippen LogP contribution is 2.40. The highest BCUT2D eigenvalue weighted by Gasteiger charge is 2.61. The maximum atomic E-state index is 13.1. The average Bonchev–Trinajstić information content (AvgIpc) is 2.27. The molecule has 2 unspecified atom stereocenters. The van der Waals surface area contributed by atoms with Crippen LogP contribution in [0.3, 0.4) is 0 Å². The van der Waals surface area contributed by atoms with Crippen LogP contribution in [0.2, 0.25) is 0 Å². The van der Waals surface area contributed by atoms with E-state index in [0.717, 1.165) is 6.92 Å². The van der Waals surface area contributed by atoms with Crippen LogP contribution in [0.1, 0.15) is 13.3 Å². The standard InChI is InChI=1S/C7H8F6N2O/c1-3(16)2-6(10,11)15-5(9)7(12,13)4(8)14-15/h3,5,16H,2H2,1H3. The van der Waals surface area contributed by atoms with Gasteiger partial charge in [0, 0.05) is 0 Å². The quantitative estimate of drug-likeness (QED) is 0.613. The summed E-state index contributed by atoms with van der Waals surface area (Å²) in [5.41, 5.74) is 0. The molecule has 2 atom stereocenters. The van der Waals surface area contributed by atoms with Crippen molar-refractivity contribution in [2.24, 2.45) is 5.10 Å². The van der Waals surface area contributed by atoms with Gasteiger partial charge in [-0.2, -0.15) is 27.0 Å². The van der Waals surface area contributed by atoms with E-state index in [1.165, 1.54) is 0 Å². The topological polar surface area (TPSA) is 35.8 Å². The number of aliphatic hydroxyl groups is 1. The van der Waals surface area contributed by atoms with Gasteiger partial charge in [-0.05, 0) is 6.92 Å². The molecule has 1 heterocycles. The first-order valence-electron chi connectivity index (χ1n) is 4.20. The molecule has 0 saturated heterocycles. The van der Waals surface area contributed by atoms with Crippen molar-refractivity contribution in [2.45, 2.75) is 37.7 Å². The maximum Gasteiger partial charge on any atom is 0.367 e. The summed E-state index contributed by atoms with van der Waals surface area (Å²) in [5.74, 6) is -7.20. The van der Waals surface area contributed by atoms with E-state index in [4.69, 9.17) is 5.11 Å². The van der Waals surface area contributed by atoms with Gasteiger partial charge in [0.05, 0.1) is 12.5 Å². The lowest BCUT2D eigenvalue weighted by Crippen LogP contribution is -2.48. The Bertz CT molecular complexity index is 305. The number of hydrogen-bond donors (Lipinski definition) is 1. The van der Waals surface area contributed by atoms with E-state index in [9.17, 15) is 26.3 Å². The monoisotopic (exact) mass is 250 g/mol. The van der Waals surface area contributed by atoms with Gasteiger partial charge in [-0.15, -0.1) is 5.10 Å². The zero-order chi connectivity index (χ0) is 12.7. The van der Waals surface area contributed by atoms with Crippen LogP contribution < -0.4 is 0 Å². The molecule has 0 bridgehead atoms. The lowest BCUT2D eigenvalue weighted by Gasteiger charge is -2.28. The summed E-state index contributed by atoms with van der Waals surface area (Å²) in [6, 6.07) is -4.19. The number of alkyl halides is 5. The summed E-state index contributed by atoms with van der Waals surface area (Å²) in [6.07, 6.45) is -6.49. The minimum Gasteiger partial charge on any atom is -0.393 e. The summed E-state index contributed by atoms with van der Waals surface area (Å²) < 4.78 is 76.4. The first-order valence-corrected chi connectivity index (χ1v) is 4.20. The van der Waals surface area contributed by atoms with Gasteiger partial charge in [0.2, 0.25) is 0 Å². The van der Waals surface area contributed by atoms with Gasteiger partial charge >= 0.3 is 12.0 Å². The molecule has 0 radical (unpaired) electrons. The van der Waals surface area contributed by atoms with E-state index in [2.05, 4.69) is 5.10 Å². The SMILES string of the molecule is CC(O)CC(F)(F)N1N=C(F)C(F)(F)C1F. The molecular weight excluding hydrogens is 242 g/mol. The van der Waals surface area contributed by atoms with Crippen LogP contribution in [0.25, 0.3) is 0 Å². The molecule has 0 fully saturated rings. The van der Waals surface area contributed by atoms with Crippen molar-refractivity contribution in [1.29, 1.82) is 0 Å². The predicted octanol–water partition coefficient (Wildman–Crippen LogP) is 1.88. The van der Waals surface area contributed by atoms with Gasteiger partial charge in [0.1, 0.15) is 0 Å². The van der Waals surface area contributed by atoms with E-state index < -0.39 is 41.8 Å². The fourth-order valence-corrected chi connectivity index (χ4v) is 1.15. The Morgan fingerprint density at radius 1 is 1.56 bits per heavy atom. The zero-order valence-electron chi connectivity index (χ0n) is 7.97. The van der Waals surface area contributed by atoms with Crippen molar-refractivity contribution in [3.63, 3.8) is 0 Å². The number of hydrogen-bond acceptors (Lipinski definition) is 3. The lowest BCUT2D eigenvalue weighted by atomic mass is 10.2. The first kappa shape index (κ1) is 13.1. The molecule has 0 aromatic rings. The summed E-state index contributed by atoms with van der Waals surface area (Å²) in [6.45, 7) is 0.954. The van der Waals surface area contributed by atoms with Crippen molar-refractivity contribution in [3.8, 4) is 0 Å². The van der Waals surface area contributed by atoms with Crippen LogP contribution in [0.5, 0.6) is 0 Å². The number of nitrogens with zero attached hydrogens (tertiary/aromatic N) is 2. The molecule has 94 valence electrons. The zero-order valence-corrected chi connectivity index (χ0v) is 7.97. The highest BCUT2D eigenvalue weighted by molar-refractivity contribution is 5.84. The van der Waals surface area contributed by atoms with E-state index in [1.54, 1.807) is 0 Å². The Hall–Kier alpha value is -0.990. The summed E-state index contributed by atoms with van der Waals surface area (Å²) in [5, 5.41) is 9.85.